The van der Waals surface area contributed by atoms with Crippen molar-refractivity contribution in [3.8, 4) is 0 Å². The maximum Gasteiger partial charge on any atom is 0.0921 e. The first kappa shape index (κ1) is 22.9. The lowest BCUT2D eigenvalue weighted by Gasteiger charge is -2.23. The molecule has 0 saturated carbocycles. The van der Waals surface area contributed by atoms with Crippen LogP contribution in [0.1, 0.15) is 29.7 Å². The quantitative estimate of drug-likeness (QED) is 0.438. The summed E-state index contributed by atoms with van der Waals surface area (Å²) in [6, 6.07) is 9.09. The van der Waals surface area contributed by atoms with Gasteiger partial charge in [-0.25, -0.2) is 4.98 Å². The molecule has 30 heavy (non-hydrogen) atoms. The number of hydrogen-bond acceptors (Lipinski definition) is 6. The van der Waals surface area contributed by atoms with Crippen molar-refractivity contribution in [1.82, 2.24) is 36.1 Å². The summed E-state index contributed by atoms with van der Waals surface area (Å²) in [7, 11) is 0. The molecule has 1 aromatic carbocycles. The van der Waals surface area contributed by atoms with E-state index in [1.807, 2.05) is 6.20 Å². The number of H-pyrrole nitrogens is 1. The minimum atomic E-state index is 0.905. The third-order valence-corrected chi connectivity index (χ3v) is 5.50. The number of rotatable bonds is 7. The molecule has 2 aromatic rings. The summed E-state index contributed by atoms with van der Waals surface area (Å²) in [5.74, 6) is 0. The summed E-state index contributed by atoms with van der Waals surface area (Å²) in [4.78, 5) is 9.78. The molecular weight excluding hydrogens is 374 g/mol. The van der Waals surface area contributed by atoms with Crippen LogP contribution < -0.4 is 21.3 Å². The summed E-state index contributed by atoms with van der Waals surface area (Å²) in [5, 5.41) is 14.1. The molecule has 7 nitrogen and oxygen atoms in total. The summed E-state index contributed by atoms with van der Waals surface area (Å²) < 4.78 is 0. The molecule has 0 unspecified atom stereocenters. The van der Waals surface area contributed by atoms with E-state index >= 15 is 0 Å². The number of hydrogen-bond donors (Lipinski definition) is 5. The summed E-state index contributed by atoms with van der Waals surface area (Å²) >= 11 is 0. The van der Waals surface area contributed by atoms with E-state index < -0.39 is 0 Å². The molecule has 1 fully saturated rings. The predicted octanol–water partition coefficient (Wildman–Crippen LogP) is 1.11. The Kier molecular flexibility index (Phi) is 10.9. The SMILES string of the molecule is c1ncc(CCNCc2ccc(CN3CCCNCCNCCCNCC3)cc2)[nH]1. The van der Waals surface area contributed by atoms with Crippen molar-refractivity contribution in [2.75, 3.05) is 58.9 Å². The molecule has 1 aliphatic heterocycles. The molecule has 0 spiro atoms. The Hall–Kier alpha value is -1.77. The van der Waals surface area contributed by atoms with Gasteiger partial charge in [-0.05, 0) is 50.1 Å². The van der Waals surface area contributed by atoms with Gasteiger partial charge in [0.05, 0.1) is 6.33 Å². The van der Waals surface area contributed by atoms with Crippen molar-refractivity contribution in [3.63, 3.8) is 0 Å². The van der Waals surface area contributed by atoms with Crippen LogP contribution in [0, 0.1) is 0 Å². The molecule has 1 saturated heterocycles. The van der Waals surface area contributed by atoms with Crippen molar-refractivity contribution < 1.29 is 0 Å². The zero-order chi connectivity index (χ0) is 20.7. The smallest absolute Gasteiger partial charge is 0.0921 e. The van der Waals surface area contributed by atoms with Gasteiger partial charge in [0.1, 0.15) is 0 Å². The van der Waals surface area contributed by atoms with Gasteiger partial charge >= 0.3 is 0 Å². The molecule has 1 aliphatic rings. The number of nitrogens with one attached hydrogen (secondary N) is 5. The van der Waals surface area contributed by atoms with Crippen molar-refractivity contribution in [2.45, 2.75) is 32.4 Å². The van der Waals surface area contributed by atoms with Crippen LogP contribution in [0.25, 0.3) is 0 Å². The number of aromatic amines is 1. The van der Waals surface area contributed by atoms with Crippen LogP contribution in [0.5, 0.6) is 0 Å². The van der Waals surface area contributed by atoms with Gasteiger partial charge in [-0.3, -0.25) is 4.90 Å². The van der Waals surface area contributed by atoms with Crippen molar-refractivity contribution in [3.05, 3.63) is 53.6 Å². The molecular formula is C23H39N7. The highest BCUT2D eigenvalue weighted by molar-refractivity contribution is 5.22. The van der Waals surface area contributed by atoms with E-state index in [1.165, 1.54) is 29.7 Å². The third kappa shape index (κ3) is 9.36. The monoisotopic (exact) mass is 413 g/mol. The van der Waals surface area contributed by atoms with Crippen LogP contribution in [0.2, 0.25) is 0 Å². The van der Waals surface area contributed by atoms with Crippen molar-refractivity contribution >= 4 is 0 Å². The average Bonchev–Trinajstić information content (AvgIpc) is 3.28. The second-order valence-corrected chi connectivity index (χ2v) is 8.05. The Balaban J connectivity index is 1.39. The largest absolute Gasteiger partial charge is 0.348 e. The summed E-state index contributed by atoms with van der Waals surface area (Å²) in [6.07, 6.45) is 6.99. The normalized spacial score (nSPS) is 18.1. The van der Waals surface area contributed by atoms with Crippen molar-refractivity contribution in [1.29, 1.82) is 0 Å². The Morgan fingerprint density at radius 2 is 1.57 bits per heavy atom. The molecule has 166 valence electrons. The topological polar surface area (TPSA) is 80.0 Å². The summed E-state index contributed by atoms with van der Waals surface area (Å²) in [6.45, 7) is 11.6. The van der Waals surface area contributed by atoms with Gasteiger partial charge < -0.3 is 26.3 Å². The molecule has 5 N–H and O–H groups in total. The molecule has 0 bridgehead atoms. The Morgan fingerprint density at radius 1 is 0.833 bits per heavy atom. The Morgan fingerprint density at radius 3 is 2.33 bits per heavy atom. The van der Waals surface area contributed by atoms with Gasteiger partial charge in [0.25, 0.3) is 0 Å². The zero-order valence-corrected chi connectivity index (χ0v) is 18.3. The minimum absolute atomic E-state index is 0.905. The first-order chi connectivity index (χ1) is 14.9. The van der Waals surface area contributed by atoms with E-state index in [9.17, 15) is 0 Å². The lowest BCUT2D eigenvalue weighted by molar-refractivity contribution is 0.260. The number of imidazole rings is 1. The van der Waals surface area contributed by atoms with Crippen LogP contribution in [-0.4, -0.2) is 73.8 Å². The molecule has 7 heteroatoms. The minimum Gasteiger partial charge on any atom is -0.348 e. The Bertz CT molecular complexity index is 643. The second-order valence-electron chi connectivity index (χ2n) is 8.05. The molecule has 0 aliphatic carbocycles. The van der Waals surface area contributed by atoms with E-state index in [2.05, 4.69) is 60.4 Å². The number of aromatic nitrogens is 2. The molecule has 0 radical (unpaired) electrons. The van der Waals surface area contributed by atoms with Gasteiger partial charge in [-0.15, -0.1) is 0 Å². The first-order valence-electron chi connectivity index (χ1n) is 11.5. The second kappa shape index (κ2) is 14.3. The molecule has 0 atom stereocenters. The maximum absolute atomic E-state index is 4.06. The van der Waals surface area contributed by atoms with Gasteiger partial charge in [-0.1, -0.05) is 24.3 Å². The van der Waals surface area contributed by atoms with Gasteiger partial charge in [0.2, 0.25) is 0 Å². The van der Waals surface area contributed by atoms with E-state index in [-0.39, 0.29) is 0 Å². The van der Waals surface area contributed by atoms with Crippen LogP contribution in [0.15, 0.2) is 36.8 Å². The summed E-state index contributed by atoms with van der Waals surface area (Å²) in [5.41, 5.74) is 3.91. The highest BCUT2D eigenvalue weighted by atomic mass is 15.1. The van der Waals surface area contributed by atoms with E-state index in [0.29, 0.717) is 0 Å². The zero-order valence-electron chi connectivity index (χ0n) is 18.3. The highest BCUT2D eigenvalue weighted by Gasteiger charge is 2.07. The highest BCUT2D eigenvalue weighted by Crippen LogP contribution is 2.08. The van der Waals surface area contributed by atoms with E-state index in [0.717, 1.165) is 78.4 Å². The number of nitrogens with zero attached hydrogens (tertiary/aromatic N) is 2. The maximum atomic E-state index is 4.06. The average molecular weight is 414 g/mol. The molecule has 3 rings (SSSR count). The van der Waals surface area contributed by atoms with E-state index in [4.69, 9.17) is 0 Å². The molecule has 1 aromatic heterocycles. The Labute approximate surface area is 181 Å². The van der Waals surface area contributed by atoms with Crippen LogP contribution in [-0.2, 0) is 19.5 Å². The fourth-order valence-corrected chi connectivity index (χ4v) is 3.72. The standard InChI is InChI=1S/C23H39N7/c1-8-24-12-13-25-10-2-15-30(16-14-26-9-1)19-22-5-3-21(4-6-22)17-27-11-7-23-18-28-20-29-23/h3-6,18,20,24-27H,1-2,7-17,19H2,(H,28,29). The van der Waals surface area contributed by atoms with Crippen LogP contribution in [0.3, 0.4) is 0 Å². The lowest BCUT2D eigenvalue weighted by Crippen LogP contribution is -2.36. The lowest BCUT2D eigenvalue weighted by atomic mass is 10.1. The van der Waals surface area contributed by atoms with Crippen molar-refractivity contribution in [2.24, 2.45) is 0 Å². The van der Waals surface area contributed by atoms with Gasteiger partial charge in [0.15, 0.2) is 0 Å². The number of benzene rings is 1. The fraction of sp³-hybridized carbons (Fsp3) is 0.609. The van der Waals surface area contributed by atoms with Crippen LogP contribution in [0.4, 0.5) is 0 Å². The fourth-order valence-electron chi connectivity index (χ4n) is 3.72. The van der Waals surface area contributed by atoms with E-state index in [1.54, 1.807) is 6.33 Å². The van der Waals surface area contributed by atoms with Crippen LogP contribution >= 0.6 is 0 Å². The molecule has 2 heterocycles. The van der Waals surface area contributed by atoms with Gasteiger partial charge in [-0.2, -0.15) is 0 Å². The predicted molar refractivity (Wildman–Crippen MR) is 124 cm³/mol. The first-order valence-corrected chi connectivity index (χ1v) is 11.5. The third-order valence-electron chi connectivity index (χ3n) is 5.50. The molecule has 0 amide bonds. The van der Waals surface area contributed by atoms with Gasteiger partial charge in [0, 0.05) is 64.1 Å².